The number of carboxylic acids is 1. The standard InChI is InChI=1S/C24H35N5O8S/c1-14(2)9-17(28-19(30)10-25)21(32)26-11-20(31)29-18(22(33)34)13-38-23(35)15(3)27-24(36)37-12-16-7-5-4-6-8-16/h4-8,14-15,17-18H,9-13,25H2,1-3H3,(H,26,32)(H,27,36)(H,28,30)(H,29,31)(H,33,34)/t15?,17-,18?/m0/s1. The number of rotatable bonds is 15. The van der Waals surface area contributed by atoms with Gasteiger partial charge >= 0.3 is 12.1 Å². The summed E-state index contributed by atoms with van der Waals surface area (Å²) in [6, 6.07) is 5.62. The molecule has 38 heavy (non-hydrogen) atoms. The number of hydrogen-bond acceptors (Lipinski definition) is 9. The number of hydrogen-bond donors (Lipinski definition) is 6. The van der Waals surface area contributed by atoms with Crippen molar-refractivity contribution in [3.63, 3.8) is 0 Å². The zero-order chi connectivity index (χ0) is 28.7. The Morgan fingerprint density at radius 1 is 0.947 bits per heavy atom. The average molecular weight is 554 g/mol. The van der Waals surface area contributed by atoms with Crippen molar-refractivity contribution in [2.45, 2.75) is 51.9 Å². The van der Waals surface area contributed by atoms with E-state index in [0.717, 1.165) is 5.56 Å². The van der Waals surface area contributed by atoms with Gasteiger partial charge in [-0.1, -0.05) is 55.9 Å². The molecule has 1 aromatic rings. The summed E-state index contributed by atoms with van der Waals surface area (Å²) in [6.07, 6.45) is -0.505. The van der Waals surface area contributed by atoms with E-state index in [2.05, 4.69) is 21.3 Å². The predicted octanol–water partition coefficient (Wildman–Crippen LogP) is -0.264. The number of nitrogens with one attached hydrogen (secondary N) is 4. The van der Waals surface area contributed by atoms with Gasteiger partial charge in [-0.05, 0) is 24.8 Å². The number of ether oxygens (including phenoxy) is 1. The summed E-state index contributed by atoms with van der Waals surface area (Å²) in [6.45, 7) is 4.29. The van der Waals surface area contributed by atoms with Gasteiger partial charge < -0.3 is 36.8 Å². The molecule has 14 heteroatoms. The molecule has 0 bridgehead atoms. The molecule has 2 unspecified atom stereocenters. The fourth-order valence-electron chi connectivity index (χ4n) is 2.96. The Bertz CT molecular complexity index is 976. The smallest absolute Gasteiger partial charge is 0.408 e. The van der Waals surface area contributed by atoms with E-state index in [1.807, 2.05) is 19.9 Å². The van der Waals surface area contributed by atoms with Gasteiger partial charge in [-0.2, -0.15) is 0 Å². The Kier molecular flexibility index (Phi) is 14.5. The van der Waals surface area contributed by atoms with Gasteiger partial charge in [-0.25, -0.2) is 9.59 Å². The molecule has 0 radical (unpaired) electrons. The highest BCUT2D eigenvalue weighted by molar-refractivity contribution is 8.13. The molecular weight excluding hydrogens is 518 g/mol. The Balaban J connectivity index is 2.50. The predicted molar refractivity (Wildman–Crippen MR) is 140 cm³/mol. The maximum absolute atomic E-state index is 12.4. The quantitative estimate of drug-likeness (QED) is 0.168. The SMILES string of the molecule is CC(C)C[C@H](NC(=O)CN)C(=O)NCC(=O)NC(CSC(=O)C(C)NC(=O)OCc1ccccc1)C(=O)O. The Morgan fingerprint density at radius 3 is 2.16 bits per heavy atom. The van der Waals surface area contributed by atoms with Crippen LogP contribution in [-0.4, -0.2) is 77.0 Å². The molecule has 0 saturated carbocycles. The summed E-state index contributed by atoms with van der Waals surface area (Å²) in [7, 11) is 0. The van der Waals surface area contributed by atoms with E-state index >= 15 is 0 Å². The lowest BCUT2D eigenvalue weighted by Gasteiger charge is -2.20. The molecule has 3 atom stereocenters. The van der Waals surface area contributed by atoms with Crippen molar-refractivity contribution in [3.8, 4) is 0 Å². The van der Waals surface area contributed by atoms with Crippen molar-refractivity contribution in [2.75, 3.05) is 18.8 Å². The van der Waals surface area contributed by atoms with Crippen molar-refractivity contribution < 1.29 is 38.6 Å². The summed E-state index contributed by atoms with van der Waals surface area (Å²) in [5.74, 6) is -3.60. The second-order valence-electron chi connectivity index (χ2n) is 8.69. The molecule has 13 nitrogen and oxygen atoms in total. The summed E-state index contributed by atoms with van der Waals surface area (Å²) in [5.41, 5.74) is 6.03. The molecule has 0 aromatic heterocycles. The molecule has 0 saturated heterocycles. The van der Waals surface area contributed by atoms with Crippen molar-refractivity contribution in [1.29, 1.82) is 0 Å². The minimum Gasteiger partial charge on any atom is -0.480 e. The number of nitrogens with two attached hydrogens (primary N) is 1. The van der Waals surface area contributed by atoms with Gasteiger partial charge in [-0.15, -0.1) is 0 Å². The monoisotopic (exact) mass is 553 g/mol. The summed E-state index contributed by atoms with van der Waals surface area (Å²) < 4.78 is 5.05. The van der Waals surface area contributed by atoms with Crippen LogP contribution in [0.25, 0.3) is 0 Å². The molecular formula is C24H35N5O8S. The maximum Gasteiger partial charge on any atom is 0.408 e. The third kappa shape index (κ3) is 13.1. The molecule has 0 heterocycles. The van der Waals surface area contributed by atoms with Crippen molar-refractivity contribution in [1.82, 2.24) is 21.3 Å². The van der Waals surface area contributed by atoms with E-state index in [0.29, 0.717) is 18.2 Å². The van der Waals surface area contributed by atoms with Crippen LogP contribution in [0.1, 0.15) is 32.8 Å². The normalized spacial score (nSPS) is 13.0. The molecule has 1 rings (SSSR count). The summed E-state index contributed by atoms with van der Waals surface area (Å²) in [4.78, 5) is 72.0. The van der Waals surface area contributed by atoms with Gasteiger partial charge in [0.2, 0.25) is 22.8 Å². The highest BCUT2D eigenvalue weighted by atomic mass is 32.2. The fourth-order valence-corrected chi connectivity index (χ4v) is 3.82. The largest absolute Gasteiger partial charge is 0.480 e. The van der Waals surface area contributed by atoms with E-state index < -0.39 is 59.6 Å². The number of thioether (sulfide) groups is 1. The lowest BCUT2D eigenvalue weighted by Crippen LogP contribution is -2.52. The number of benzene rings is 1. The van der Waals surface area contributed by atoms with Crippen LogP contribution in [0.2, 0.25) is 0 Å². The number of carboxylic acid groups (broad SMARTS) is 1. The highest BCUT2D eigenvalue weighted by Gasteiger charge is 2.26. The van der Waals surface area contributed by atoms with Crippen molar-refractivity contribution in [2.24, 2.45) is 11.7 Å². The van der Waals surface area contributed by atoms with Gasteiger partial charge in [-0.3, -0.25) is 19.2 Å². The van der Waals surface area contributed by atoms with Crippen LogP contribution in [0.15, 0.2) is 30.3 Å². The number of carbonyl (C=O) groups excluding carboxylic acids is 5. The number of carbonyl (C=O) groups is 6. The van der Waals surface area contributed by atoms with Gasteiger partial charge in [0, 0.05) is 5.75 Å². The van der Waals surface area contributed by atoms with Crippen molar-refractivity contribution in [3.05, 3.63) is 35.9 Å². The zero-order valence-corrected chi connectivity index (χ0v) is 22.3. The van der Waals surface area contributed by atoms with E-state index in [9.17, 15) is 33.9 Å². The molecule has 210 valence electrons. The van der Waals surface area contributed by atoms with E-state index in [4.69, 9.17) is 10.5 Å². The minimum atomic E-state index is -1.44. The second kappa shape index (κ2) is 17.0. The first-order chi connectivity index (χ1) is 17.9. The first-order valence-corrected chi connectivity index (χ1v) is 12.8. The van der Waals surface area contributed by atoms with Crippen LogP contribution >= 0.6 is 11.8 Å². The fraction of sp³-hybridized carbons (Fsp3) is 0.500. The molecule has 1 aromatic carbocycles. The first kappa shape index (κ1) is 32.4. The third-order valence-corrected chi connectivity index (χ3v) is 6.03. The van der Waals surface area contributed by atoms with Crippen LogP contribution in [0.5, 0.6) is 0 Å². The Morgan fingerprint density at radius 2 is 1.58 bits per heavy atom. The lowest BCUT2D eigenvalue weighted by molar-refractivity contribution is -0.141. The molecule has 0 spiro atoms. The molecule has 0 aliphatic heterocycles. The topological polar surface area (TPSA) is 206 Å². The first-order valence-electron chi connectivity index (χ1n) is 11.9. The van der Waals surface area contributed by atoms with Crippen LogP contribution in [0, 0.1) is 5.92 Å². The van der Waals surface area contributed by atoms with Crippen LogP contribution in [0.3, 0.4) is 0 Å². The minimum absolute atomic E-state index is 0.0159. The number of aliphatic carboxylic acids is 1. The Labute approximate surface area is 225 Å². The second-order valence-corrected chi connectivity index (χ2v) is 9.71. The molecule has 0 aliphatic rings. The van der Waals surface area contributed by atoms with Crippen LogP contribution in [-0.2, 0) is 35.3 Å². The van der Waals surface area contributed by atoms with Crippen molar-refractivity contribution >= 4 is 46.7 Å². The average Bonchev–Trinajstić information content (AvgIpc) is 2.87. The maximum atomic E-state index is 12.4. The Hall–Kier alpha value is -3.65. The van der Waals surface area contributed by atoms with E-state index in [1.54, 1.807) is 24.3 Å². The van der Waals surface area contributed by atoms with Gasteiger partial charge in [0.1, 0.15) is 18.7 Å². The van der Waals surface area contributed by atoms with Gasteiger partial charge in [0.15, 0.2) is 0 Å². The third-order valence-electron chi connectivity index (χ3n) is 4.89. The summed E-state index contributed by atoms with van der Waals surface area (Å²) in [5, 5.41) is 18.3. The van der Waals surface area contributed by atoms with Gasteiger partial charge in [0.25, 0.3) is 0 Å². The van der Waals surface area contributed by atoms with E-state index in [1.165, 1.54) is 6.92 Å². The van der Waals surface area contributed by atoms with Gasteiger partial charge in [0.05, 0.1) is 19.1 Å². The van der Waals surface area contributed by atoms with Crippen LogP contribution < -0.4 is 27.0 Å². The zero-order valence-electron chi connectivity index (χ0n) is 21.5. The molecule has 0 aliphatic carbocycles. The highest BCUT2D eigenvalue weighted by Crippen LogP contribution is 2.09. The number of amides is 4. The molecule has 0 fully saturated rings. The molecule has 7 N–H and O–H groups in total. The number of alkyl carbamates (subject to hydrolysis) is 1. The lowest BCUT2D eigenvalue weighted by atomic mass is 10.0. The van der Waals surface area contributed by atoms with E-state index in [-0.39, 0.29) is 24.8 Å². The summed E-state index contributed by atoms with van der Waals surface area (Å²) >= 11 is 0.613. The van der Waals surface area contributed by atoms with Crippen LogP contribution in [0.4, 0.5) is 4.79 Å². The molecule has 4 amide bonds.